The molecular formula is C13H25NO3. The van der Waals surface area contributed by atoms with E-state index in [4.69, 9.17) is 4.74 Å². The Hall–Kier alpha value is -0.610. The van der Waals surface area contributed by atoms with E-state index in [-0.39, 0.29) is 16.9 Å². The number of rotatable bonds is 6. The molecule has 2 N–H and O–H groups in total. The third kappa shape index (κ3) is 3.19. The number of nitrogens with one attached hydrogen (secondary N) is 1. The van der Waals surface area contributed by atoms with Gasteiger partial charge in [-0.15, -0.1) is 0 Å². The number of likely N-dealkylation sites (N-methyl/N-ethyl adjacent to an activating group) is 1. The van der Waals surface area contributed by atoms with E-state index >= 15 is 0 Å². The zero-order valence-electron chi connectivity index (χ0n) is 11.7. The highest BCUT2D eigenvalue weighted by Gasteiger charge is 2.50. The smallest absolute Gasteiger partial charge is 0.321 e. The normalized spacial score (nSPS) is 26.7. The van der Waals surface area contributed by atoms with Crippen molar-refractivity contribution in [2.24, 2.45) is 10.8 Å². The minimum absolute atomic E-state index is 0.00741. The summed E-state index contributed by atoms with van der Waals surface area (Å²) in [5.41, 5.74) is -0.302. The zero-order chi connectivity index (χ0) is 13.4. The molecule has 2 unspecified atom stereocenters. The molecule has 0 spiro atoms. The predicted octanol–water partition coefficient (Wildman–Crippen LogP) is 1.89. The monoisotopic (exact) mass is 243 g/mol. The number of epoxide rings is 1. The molecule has 1 saturated heterocycles. The summed E-state index contributed by atoms with van der Waals surface area (Å²) in [6.07, 6.45) is 1.37. The van der Waals surface area contributed by atoms with E-state index < -0.39 is 12.0 Å². The average Bonchev–Trinajstić information content (AvgIpc) is 2.80. The number of ether oxygens (including phenoxy) is 1. The third-order valence-electron chi connectivity index (χ3n) is 3.71. The molecule has 0 saturated carbocycles. The van der Waals surface area contributed by atoms with Gasteiger partial charge in [-0.05, 0) is 31.2 Å². The Kier molecular flexibility index (Phi) is 3.89. The van der Waals surface area contributed by atoms with Crippen molar-refractivity contribution in [2.45, 2.75) is 59.3 Å². The maximum absolute atomic E-state index is 11.2. The van der Waals surface area contributed by atoms with E-state index in [2.05, 4.69) is 26.1 Å². The molecule has 1 heterocycles. The molecule has 1 fully saturated rings. The van der Waals surface area contributed by atoms with Crippen LogP contribution in [0.4, 0.5) is 0 Å². The fraction of sp³-hybridized carbons (Fsp3) is 0.923. The van der Waals surface area contributed by atoms with E-state index in [9.17, 15) is 9.90 Å². The van der Waals surface area contributed by atoms with Crippen molar-refractivity contribution < 1.29 is 14.6 Å². The number of aliphatic carboxylic acids is 1. The van der Waals surface area contributed by atoms with E-state index in [1.807, 2.05) is 13.8 Å². The summed E-state index contributed by atoms with van der Waals surface area (Å²) in [7, 11) is 1.70. The van der Waals surface area contributed by atoms with Crippen molar-refractivity contribution in [3.63, 3.8) is 0 Å². The molecule has 1 aliphatic heterocycles. The number of hydrogen-bond acceptors (Lipinski definition) is 3. The first-order valence-electron chi connectivity index (χ1n) is 6.17. The van der Waals surface area contributed by atoms with Gasteiger partial charge >= 0.3 is 5.97 Å². The Bertz CT molecular complexity index is 299. The lowest BCUT2D eigenvalue weighted by molar-refractivity contribution is -0.143. The van der Waals surface area contributed by atoms with Gasteiger partial charge in [-0.1, -0.05) is 27.7 Å². The van der Waals surface area contributed by atoms with Crippen molar-refractivity contribution in [1.29, 1.82) is 0 Å². The highest BCUT2D eigenvalue weighted by atomic mass is 16.6. The molecule has 3 atom stereocenters. The van der Waals surface area contributed by atoms with Gasteiger partial charge in [0.15, 0.2) is 0 Å². The molecule has 1 aliphatic rings. The predicted molar refractivity (Wildman–Crippen MR) is 67.0 cm³/mol. The second kappa shape index (κ2) is 4.58. The topological polar surface area (TPSA) is 61.9 Å². The Morgan fingerprint density at radius 3 is 2.18 bits per heavy atom. The van der Waals surface area contributed by atoms with Crippen LogP contribution in [0.15, 0.2) is 0 Å². The Labute approximate surface area is 104 Å². The Morgan fingerprint density at radius 1 is 1.41 bits per heavy atom. The number of hydrogen-bond donors (Lipinski definition) is 2. The van der Waals surface area contributed by atoms with Crippen molar-refractivity contribution >= 4 is 5.97 Å². The van der Waals surface area contributed by atoms with Gasteiger partial charge in [-0.25, -0.2) is 0 Å². The minimum atomic E-state index is -0.793. The van der Waals surface area contributed by atoms with Crippen LogP contribution in [0.2, 0.25) is 0 Å². The summed E-state index contributed by atoms with van der Waals surface area (Å²) < 4.78 is 5.53. The Morgan fingerprint density at radius 2 is 1.88 bits per heavy atom. The lowest BCUT2D eigenvalue weighted by atomic mass is 9.69. The van der Waals surface area contributed by atoms with E-state index in [0.717, 1.165) is 6.42 Å². The largest absolute Gasteiger partial charge is 0.480 e. The molecule has 0 aromatic heterocycles. The summed E-state index contributed by atoms with van der Waals surface area (Å²) >= 11 is 0. The maximum Gasteiger partial charge on any atom is 0.321 e. The van der Waals surface area contributed by atoms with E-state index in [1.54, 1.807) is 7.05 Å². The minimum Gasteiger partial charge on any atom is -0.480 e. The lowest BCUT2D eigenvalue weighted by Crippen LogP contribution is -2.48. The first-order chi connectivity index (χ1) is 7.62. The van der Waals surface area contributed by atoms with E-state index in [1.165, 1.54) is 0 Å². The molecule has 4 nitrogen and oxygen atoms in total. The summed E-state index contributed by atoms with van der Waals surface area (Å²) in [6.45, 7) is 10.4. The molecule has 4 heteroatoms. The number of carboxylic acid groups (broad SMARTS) is 1. The number of carbonyl (C=O) groups is 1. The van der Waals surface area contributed by atoms with Crippen LogP contribution in [0.25, 0.3) is 0 Å². The van der Waals surface area contributed by atoms with Crippen molar-refractivity contribution in [2.75, 3.05) is 7.05 Å². The van der Waals surface area contributed by atoms with Crippen LogP contribution in [0.3, 0.4) is 0 Å². The first kappa shape index (κ1) is 14.5. The number of carboxylic acids is 1. The molecule has 17 heavy (non-hydrogen) atoms. The van der Waals surface area contributed by atoms with Crippen LogP contribution in [-0.4, -0.2) is 36.4 Å². The Balaban J connectivity index is 2.74. The summed E-state index contributed by atoms with van der Waals surface area (Å²) in [6, 6.07) is -0.532. The lowest BCUT2D eigenvalue weighted by Gasteiger charge is -2.38. The van der Waals surface area contributed by atoms with E-state index in [0.29, 0.717) is 6.10 Å². The van der Waals surface area contributed by atoms with Crippen LogP contribution >= 0.6 is 0 Å². The molecule has 1 rings (SSSR count). The SMILES string of the molecule is CN[C@H](C(=O)O)C(C)(C)CC(C)(C)C1OC1C. The summed E-state index contributed by atoms with van der Waals surface area (Å²) in [5, 5.41) is 12.1. The molecule has 0 radical (unpaired) electrons. The third-order valence-corrected chi connectivity index (χ3v) is 3.71. The maximum atomic E-state index is 11.2. The van der Waals surface area contributed by atoms with Crippen LogP contribution in [0, 0.1) is 10.8 Å². The summed E-state index contributed by atoms with van der Waals surface area (Å²) in [4.78, 5) is 11.2. The highest BCUT2D eigenvalue weighted by Crippen LogP contribution is 2.46. The van der Waals surface area contributed by atoms with Gasteiger partial charge in [0.2, 0.25) is 0 Å². The zero-order valence-corrected chi connectivity index (χ0v) is 11.7. The van der Waals surface area contributed by atoms with Gasteiger partial charge in [0, 0.05) is 0 Å². The first-order valence-corrected chi connectivity index (χ1v) is 6.17. The van der Waals surface area contributed by atoms with Gasteiger partial charge in [0.1, 0.15) is 6.04 Å². The van der Waals surface area contributed by atoms with Crippen molar-refractivity contribution in [3.05, 3.63) is 0 Å². The van der Waals surface area contributed by atoms with Gasteiger partial charge < -0.3 is 15.2 Å². The highest BCUT2D eigenvalue weighted by molar-refractivity contribution is 5.74. The quantitative estimate of drug-likeness (QED) is 0.699. The second-order valence-corrected chi connectivity index (χ2v) is 6.48. The fourth-order valence-electron chi connectivity index (χ4n) is 3.23. The van der Waals surface area contributed by atoms with Crippen LogP contribution in [0.5, 0.6) is 0 Å². The average molecular weight is 243 g/mol. The van der Waals surface area contributed by atoms with Crippen LogP contribution in [0.1, 0.15) is 41.0 Å². The van der Waals surface area contributed by atoms with Crippen molar-refractivity contribution in [3.8, 4) is 0 Å². The molecule has 0 aromatic carbocycles. The van der Waals surface area contributed by atoms with Gasteiger partial charge in [0.25, 0.3) is 0 Å². The van der Waals surface area contributed by atoms with Gasteiger partial charge in [0.05, 0.1) is 12.2 Å². The second-order valence-electron chi connectivity index (χ2n) is 6.48. The molecule has 0 aromatic rings. The van der Waals surface area contributed by atoms with Crippen LogP contribution < -0.4 is 5.32 Å². The molecule has 0 amide bonds. The molecule has 0 bridgehead atoms. The molecular weight excluding hydrogens is 218 g/mol. The van der Waals surface area contributed by atoms with Gasteiger partial charge in [-0.3, -0.25) is 4.79 Å². The fourth-order valence-corrected chi connectivity index (χ4v) is 3.23. The standard InChI is InChI=1S/C13H25NO3/c1-8-10(17-8)13(4,5)7-12(2,3)9(14-6)11(15)16/h8-10,14H,7H2,1-6H3,(H,15,16)/t8?,9-,10?/m1/s1. The van der Waals surface area contributed by atoms with Crippen LogP contribution in [-0.2, 0) is 9.53 Å². The van der Waals surface area contributed by atoms with Gasteiger partial charge in [-0.2, -0.15) is 0 Å². The molecule has 100 valence electrons. The summed E-state index contributed by atoms with van der Waals surface area (Å²) in [5.74, 6) is -0.793. The van der Waals surface area contributed by atoms with Crippen molar-refractivity contribution in [1.82, 2.24) is 5.32 Å². The molecule has 0 aliphatic carbocycles.